The molecule has 0 N–H and O–H groups in total. The fourth-order valence-corrected chi connectivity index (χ4v) is 1.26. The Bertz CT molecular complexity index is 237. The fraction of sp³-hybridized carbons (Fsp3) is 0.286. The summed E-state index contributed by atoms with van der Waals surface area (Å²) in [5, 5.41) is 0. The number of halogens is 1. The molecule has 2 nitrogen and oxygen atoms in total. The van der Waals surface area contributed by atoms with Crippen LogP contribution in [-0.2, 0) is 0 Å². The summed E-state index contributed by atoms with van der Waals surface area (Å²) in [7, 11) is 1.62. The van der Waals surface area contributed by atoms with Gasteiger partial charge in [0.25, 0.3) is 0 Å². The number of hydrogen-bond donors (Lipinski definition) is 0. The Morgan fingerprint density at radius 3 is 2.80 bits per heavy atom. The van der Waals surface area contributed by atoms with Gasteiger partial charge in [-0.15, -0.1) is 0 Å². The van der Waals surface area contributed by atoms with Crippen molar-refractivity contribution in [3.63, 3.8) is 0 Å². The minimum absolute atomic E-state index is 0.769. The zero-order valence-electron chi connectivity index (χ0n) is 5.89. The van der Waals surface area contributed by atoms with Crippen LogP contribution < -0.4 is 4.74 Å². The van der Waals surface area contributed by atoms with Crippen LogP contribution in [0.5, 0.6) is 5.75 Å². The van der Waals surface area contributed by atoms with Crippen LogP contribution in [0.2, 0.25) is 0 Å². The molecule has 1 heterocycles. The third kappa shape index (κ3) is 1.48. The molecule has 0 bridgehead atoms. The van der Waals surface area contributed by atoms with Crippen LogP contribution in [0.25, 0.3) is 0 Å². The minimum Gasteiger partial charge on any atom is -0.494 e. The first-order valence-electron chi connectivity index (χ1n) is 2.90. The van der Waals surface area contributed by atoms with E-state index in [4.69, 9.17) is 4.74 Å². The van der Waals surface area contributed by atoms with Gasteiger partial charge in [-0.05, 0) is 28.9 Å². The molecular formula is C7H8BrNO. The van der Waals surface area contributed by atoms with E-state index in [9.17, 15) is 0 Å². The summed E-state index contributed by atoms with van der Waals surface area (Å²) in [5.41, 5.74) is 0.979. The molecule has 0 saturated heterocycles. The third-order valence-corrected chi connectivity index (χ3v) is 1.80. The maximum Gasteiger partial charge on any atom is 0.151 e. The number of nitrogens with zero attached hydrogens (tertiary/aromatic N) is 1. The van der Waals surface area contributed by atoms with Crippen molar-refractivity contribution in [1.82, 2.24) is 4.98 Å². The van der Waals surface area contributed by atoms with Gasteiger partial charge < -0.3 is 4.74 Å². The number of pyridine rings is 1. The van der Waals surface area contributed by atoms with Crippen molar-refractivity contribution in [2.45, 2.75) is 6.92 Å². The highest BCUT2D eigenvalue weighted by molar-refractivity contribution is 9.10. The van der Waals surface area contributed by atoms with Crippen molar-refractivity contribution in [2.75, 3.05) is 7.11 Å². The molecule has 0 aliphatic rings. The van der Waals surface area contributed by atoms with Crippen molar-refractivity contribution < 1.29 is 4.74 Å². The summed E-state index contributed by atoms with van der Waals surface area (Å²) in [5.74, 6) is 0.769. The van der Waals surface area contributed by atoms with Crippen LogP contribution in [0.4, 0.5) is 0 Å². The molecule has 3 heteroatoms. The molecule has 0 saturated carbocycles. The molecule has 0 spiro atoms. The predicted octanol–water partition coefficient (Wildman–Crippen LogP) is 2.16. The highest BCUT2D eigenvalue weighted by Gasteiger charge is 1.97. The molecule has 0 radical (unpaired) electrons. The molecule has 0 amide bonds. The normalized spacial score (nSPS) is 9.50. The Labute approximate surface area is 68.4 Å². The maximum atomic E-state index is 4.99. The molecule has 0 unspecified atom stereocenters. The van der Waals surface area contributed by atoms with Crippen molar-refractivity contribution in [3.05, 3.63) is 22.4 Å². The fourth-order valence-electron chi connectivity index (χ4n) is 0.664. The van der Waals surface area contributed by atoms with E-state index in [1.165, 1.54) is 0 Å². The standard InChI is InChI=1S/C7H8BrNO/c1-5-3-6(8)7(10-2)4-9-5/h3-4H,1-2H3. The van der Waals surface area contributed by atoms with Crippen LogP contribution in [0.3, 0.4) is 0 Å². The van der Waals surface area contributed by atoms with Crippen molar-refractivity contribution >= 4 is 15.9 Å². The van der Waals surface area contributed by atoms with Crippen LogP contribution in [0.1, 0.15) is 5.69 Å². The van der Waals surface area contributed by atoms with E-state index in [-0.39, 0.29) is 0 Å². The van der Waals surface area contributed by atoms with E-state index in [0.717, 1.165) is 15.9 Å². The lowest BCUT2D eigenvalue weighted by Gasteiger charge is -2.01. The van der Waals surface area contributed by atoms with Gasteiger partial charge in [-0.3, -0.25) is 4.98 Å². The van der Waals surface area contributed by atoms with Gasteiger partial charge >= 0.3 is 0 Å². The van der Waals surface area contributed by atoms with Crippen LogP contribution in [0.15, 0.2) is 16.7 Å². The zero-order chi connectivity index (χ0) is 7.56. The van der Waals surface area contributed by atoms with E-state index < -0.39 is 0 Å². The minimum atomic E-state index is 0.769. The summed E-state index contributed by atoms with van der Waals surface area (Å²) >= 11 is 3.34. The summed E-state index contributed by atoms with van der Waals surface area (Å²) in [6, 6.07) is 1.92. The van der Waals surface area contributed by atoms with E-state index >= 15 is 0 Å². The average molecular weight is 202 g/mol. The lowest BCUT2D eigenvalue weighted by molar-refractivity contribution is 0.410. The quantitative estimate of drug-likeness (QED) is 0.696. The van der Waals surface area contributed by atoms with Crippen molar-refractivity contribution in [1.29, 1.82) is 0 Å². The number of methoxy groups -OCH3 is 1. The van der Waals surface area contributed by atoms with Crippen LogP contribution >= 0.6 is 15.9 Å². The Morgan fingerprint density at radius 2 is 2.30 bits per heavy atom. The van der Waals surface area contributed by atoms with Crippen LogP contribution in [-0.4, -0.2) is 12.1 Å². The van der Waals surface area contributed by atoms with Gasteiger partial charge in [-0.1, -0.05) is 0 Å². The number of aromatic nitrogens is 1. The van der Waals surface area contributed by atoms with E-state index in [1.807, 2.05) is 13.0 Å². The number of hydrogen-bond acceptors (Lipinski definition) is 2. The first-order valence-corrected chi connectivity index (χ1v) is 3.69. The van der Waals surface area contributed by atoms with Gasteiger partial charge in [-0.25, -0.2) is 0 Å². The van der Waals surface area contributed by atoms with Gasteiger partial charge in [-0.2, -0.15) is 0 Å². The molecule has 0 aromatic carbocycles. The molecule has 0 aliphatic heterocycles. The Kier molecular flexibility index (Phi) is 2.27. The topological polar surface area (TPSA) is 22.1 Å². The van der Waals surface area contributed by atoms with Gasteiger partial charge in [0.15, 0.2) is 5.75 Å². The summed E-state index contributed by atoms with van der Waals surface area (Å²) in [6.45, 7) is 1.93. The first kappa shape index (κ1) is 7.54. The van der Waals surface area contributed by atoms with Gasteiger partial charge in [0.2, 0.25) is 0 Å². The second-order valence-corrected chi connectivity index (χ2v) is 2.81. The van der Waals surface area contributed by atoms with E-state index in [2.05, 4.69) is 20.9 Å². The second kappa shape index (κ2) is 3.01. The lowest BCUT2D eigenvalue weighted by Crippen LogP contribution is -1.87. The smallest absolute Gasteiger partial charge is 0.151 e. The van der Waals surface area contributed by atoms with Gasteiger partial charge in [0.1, 0.15) is 0 Å². The Morgan fingerprint density at radius 1 is 1.60 bits per heavy atom. The summed E-state index contributed by atoms with van der Waals surface area (Å²) < 4.78 is 5.94. The van der Waals surface area contributed by atoms with Crippen molar-refractivity contribution in [3.8, 4) is 5.75 Å². The van der Waals surface area contributed by atoms with E-state index in [1.54, 1.807) is 13.3 Å². The van der Waals surface area contributed by atoms with Crippen LogP contribution in [0, 0.1) is 6.92 Å². The number of ether oxygens (including phenoxy) is 1. The maximum absolute atomic E-state index is 4.99. The SMILES string of the molecule is COc1cnc(C)cc1Br. The molecule has 1 aromatic heterocycles. The highest BCUT2D eigenvalue weighted by Crippen LogP contribution is 2.23. The number of rotatable bonds is 1. The Hall–Kier alpha value is -0.570. The molecule has 54 valence electrons. The molecule has 10 heavy (non-hydrogen) atoms. The molecule has 0 fully saturated rings. The third-order valence-electron chi connectivity index (χ3n) is 1.18. The molecule has 0 aliphatic carbocycles. The average Bonchev–Trinajstić information content (AvgIpc) is 1.88. The van der Waals surface area contributed by atoms with Gasteiger partial charge in [0.05, 0.1) is 17.8 Å². The van der Waals surface area contributed by atoms with Crippen molar-refractivity contribution in [2.24, 2.45) is 0 Å². The Balaban J connectivity index is 3.07. The molecule has 1 rings (SSSR count). The second-order valence-electron chi connectivity index (χ2n) is 1.96. The monoisotopic (exact) mass is 201 g/mol. The highest BCUT2D eigenvalue weighted by atomic mass is 79.9. The molecule has 1 aromatic rings. The predicted molar refractivity (Wildman–Crippen MR) is 43.2 cm³/mol. The lowest BCUT2D eigenvalue weighted by atomic mass is 10.4. The van der Waals surface area contributed by atoms with Gasteiger partial charge in [0, 0.05) is 5.69 Å². The number of aryl methyl sites for hydroxylation is 1. The van der Waals surface area contributed by atoms with E-state index in [0.29, 0.717) is 0 Å². The largest absolute Gasteiger partial charge is 0.494 e. The first-order chi connectivity index (χ1) is 4.74. The summed E-state index contributed by atoms with van der Waals surface area (Å²) in [4.78, 5) is 4.06. The molecule has 0 atom stereocenters. The molecular weight excluding hydrogens is 194 g/mol. The zero-order valence-corrected chi connectivity index (χ0v) is 7.47. The summed E-state index contributed by atoms with van der Waals surface area (Å²) in [6.07, 6.45) is 1.69.